The average Bonchev–Trinajstić information content (AvgIpc) is 2.87. The van der Waals surface area contributed by atoms with Gasteiger partial charge < -0.3 is 0 Å². The van der Waals surface area contributed by atoms with Crippen LogP contribution in [0, 0.1) is 24.0 Å². The maximum Gasteiger partial charge on any atom is 0.269 e. The molecular formula is C19H17N3O3S. The van der Waals surface area contributed by atoms with Gasteiger partial charge >= 0.3 is 0 Å². The minimum Gasteiger partial charge on any atom is -0.290 e. The van der Waals surface area contributed by atoms with E-state index in [1.807, 2.05) is 32.0 Å². The summed E-state index contributed by atoms with van der Waals surface area (Å²) in [5, 5.41) is 11.3. The number of rotatable bonds is 3. The predicted molar refractivity (Wildman–Crippen MR) is 104 cm³/mol. The van der Waals surface area contributed by atoms with Crippen LogP contribution in [-0.4, -0.2) is 27.9 Å². The second-order valence-electron chi connectivity index (χ2n) is 5.99. The van der Waals surface area contributed by atoms with Gasteiger partial charge in [0.1, 0.15) is 0 Å². The number of hydrogen-bond donors (Lipinski definition) is 0. The summed E-state index contributed by atoms with van der Waals surface area (Å²) in [5.74, 6) is -0.143. The number of non-ortho nitro benzene ring substituents is 1. The van der Waals surface area contributed by atoms with Crippen molar-refractivity contribution in [3.8, 4) is 0 Å². The standard InChI is InChI=1S/C19H17N3O3S/c1-12-4-7-15(10-13(12)2)20-19-21(3)18(23)17(26-19)11-14-5-8-16(9-6-14)22(24)25/h4-11H,1-3H3/b17-11+,20-19?. The molecular weight excluding hydrogens is 350 g/mol. The topological polar surface area (TPSA) is 75.8 Å². The number of benzene rings is 2. The zero-order valence-electron chi connectivity index (χ0n) is 14.6. The summed E-state index contributed by atoms with van der Waals surface area (Å²) in [6.45, 7) is 4.06. The van der Waals surface area contributed by atoms with E-state index < -0.39 is 4.92 Å². The fourth-order valence-electron chi connectivity index (χ4n) is 2.40. The van der Waals surface area contributed by atoms with E-state index in [-0.39, 0.29) is 11.6 Å². The summed E-state index contributed by atoms with van der Waals surface area (Å²) in [6, 6.07) is 12.0. The zero-order valence-corrected chi connectivity index (χ0v) is 15.4. The number of carbonyl (C=O) groups excluding carboxylic acids is 1. The van der Waals surface area contributed by atoms with Gasteiger partial charge in [0.25, 0.3) is 11.6 Å². The Morgan fingerprint density at radius 1 is 1.12 bits per heavy atom. The van der Waals surface area contributed by atoms with Gasteiger partial charge in [0.15, 0.2) is 5.17 Å². The molecule has 1 heterocycles. The highest BCUT2D eigenvalue weighted by Gasteiger charge is 2.30. The van der Waals surface area contributed by atoms with Crippen molar-refractivity contribution in [1.82, 2.24) is 4.90 Å². The molecule has 0 saturated carbocycles. The molecule has 1 aliphatic heterocycles. The lowest BCUT2D eigenvalue weighted by molar-refractivity contribution is -0.384. The van der Waals surface area contributed by atoms with Crippen molar-refractivity contribution >= 4 is 40.3 Å². The molecule has 1 amide bonds. The number of aryl methyl sites for hydroxylation is 2. The van der Waals surface area contributed by atoms with Crippen molar-refractivity contribution in [2.75, 3.05) is 7.05 Å². The van der Waals surface area contributed by atoms with Gasteiger partial charge in [0, 0.05) is 19.2 Å². The Kier molecular flexibility index (Phi) is 4.90. The highest BCUT2D eigenvalue weighted by atomic mass is 32.2. The first-order valence-corrected chi connectivity index (χ1v) is 8.75. The molecule has 1 saturated heterocycles. The highest BCUT2D eigenvalue weighted by molar-refractivity contribution is 8.18. The molecule has 0 N–H and O–H groups in total. The lowest BCUT2D eigenvalue weighted by Crippen LogP contribution is -2.23. The van der Waals surface area contributed by atoms with Crippen molar-refractivity contribution in [2.45, 2.75) is 13.8 Å². The number of amidine groups is 1. The van der Waals surface area contributed by atoms with Crippen LogP contribution in [0.5, 0.6) is 0 Å². The molecule has 0 aromatic heterocycles. The lowest BCUT2D eigenvalue weighted by atomic mass is 10.1. The highest BCUT2D eigenvalue weighted by Crippen LogP contribution is 2.33. The number of amides is 1. The number of likely N-dealkylation sites (N-methyl/N-ethyl adjacent to an activating group) is 1. The van der Waals surface area contributed by atoms with E-state index in [2.05, 4.69) is 4.99 Å². The Hall–Kier alpha value is -2.93. The maximum absolute atomic E-state index is 12.5. The Labute approximate surface area is 155 Å². The molecule has 0 radical (unpaired) electrons. The van der Waals surface area contributed by atoms with Gasteiger partial charge in [-0.25, -0.2) is 4.99 Å². The molecule has 2 aromatic carbocycles. The molecule has 2 aromatic rings. The maximum atomic E-state index is 12.5. The largest absolute Gasteiger partial charge is 0.290 e. The van der Waals surface area contributed by atoms with E-state index in [4.69, 9.17) is 0 Å². The van der Waals surface area contributed by atoms with Crippen LogP contribution in [0.25, 0.3) is 6.08 Å². The third-order valence-corrected chi connectivity index (χ3v) is 5.18. The van der Waals surface area contributed by atoms with E-state index >= 15 is 0 Å². The summed E-state index contributed by atoms with van der Waals surface area (Å²) in [5.41, 5.74) is 3.88. The molecule has 0 atom stereocenters. The van der Waals surface area contributed by atoms with Crippen molar-refractivity contribution in [1.29, 1.82) is 0 Å². The minimum atomic E-state index is -0.450. The van der Waals surface area contributed by atoms with E-state index in [0.717, 1.165) is 16.8 Å². The number of hydrogen-bond acceptors (Lipinski definition) is 5. The average molecular weight is 367 g/mol. The zero-order chi connectivity index (χ0) is 18.8. The molecule has 0 unspecified atom stereocenters. The molecule has 26 heavy (non-hydrogen) atoms. The number of thioether (sulfide) groups is 1. The van der Waals surface area contributed by atoms with Crippen LogP contribution in [-0.2, 0) is 4.79 Å². The molecule has 0 spiro atoms. The number of nitrogens with zero attached hydrogens (tertiary/aromatic N) is 3. The summed E-state index contributed by atoms with van der Waals surface area (Å²) in [6.07, 6.45) is 1.72. The summed E-state index contributed by atoms with van der Waals surface area (Å²) < 4.78 is 0. The number of aliphatic imine (C=N–C) groups is 1. The molecule has 3 rings (SSSR count). The number of nitro benzene ring substituents is 1. The summed E-state index contributed by atoms with van der Waals surface area (Å²) >= 11 is 1.29. The van der Waals surface area contributed by atoms with Gasteiger partial charge in [0.05, 0.1) is 15.5 Å². The van der Waals surface area contributed by atoms with Crippen LogP contribution in [0.15, 0.2) is 52.4 Å². The fourth-order valence-corrected chi connectivity index (χ4v) is 3.39. The Bertz CT molecular complexity index is 949. The molecule has 0 bridgehead atoms. The molecule has 132 valence electrons. The summed E-state index contributed by atoms with van der Waals surface area (Å²) in [4.78, 5) is 29.3. The first kappa shape index (κ1) is 17.9. The monoisotopic (exact) mass is 367 g/mol. The van der Waals surface area contributed by atoms with E-state index in [0.29, 0.717) is 10.1 Å². The van der Waals surface area contributed by atoms with Gasteiger partial charge in [-0.05, 0) is 72.6 Å². The summed E-state index contributed by atoms with van der Waals surface area (Å²) in [7, 11) is 1.69. The smallest absolute Gasteiger partial charge is 0.269 e. The quantitative estimate of drug-likeness (QED) is 0.456. The van der Waals surface area contributed by atoms with Crippen molar-refractivity contribution in [3.63, 3.8) is 0 Å². The Morgan fingerprint density at radius 2 is 1.81 bits per heavy atom. The minimum absolute atomic E-state index is 0.0201. The molecule has 1 fully saturated rings. The SMILES string of the molecule is Cc1ccc(N=C2S/C(=C/c3ccc([N+](=O)[O-])cc3)C(=O)N2C)cc1C. The van der Waals surface area contributed by atoms with Crippen LogP contribution in [0.2, 0.25) is 0 Å². The van der Waals surface area contributed by atoms with Crippen molar-refractivity contribution in [2.24, 2.45) is 4.99 Å². The van der Waals surface area contributed by atoms with Gasteiger partial charge in [-0.3, -0.25) is 19.8 Å². The third-order valence-electron chi connectivity index (χ3n) is 4.12. The number of carbonyl (C=O) groups is 1. The molecule has 1 aliphatic rings. The first-order valence-electron chi connectivity index (χ1n) is 7.93. The van der Waals surface area contributed by atoms with Crippen LogP contribution < -0.4 is 0 Å². The Morgan fingerprint density at radius 3 is 2.42 bits per heavy atom. The van der Waals surface area contributed by atoms with Gasteiger partial charge in [-0.1, -0.05) is 6.07 Å². The van der Waals surface area contributed by atoms with Crippen LogP contribution in [0.4, 0.5) is 11.4 Å². The van der Waals surface area contributed by atoms with Crippen LogP contribution in [0.1, 0.15) is 16.7 Å². The van der Waals surface area contributed by atoms with Gasteiger partial charge in [0.2, 0.25) is 0 Å². The van der Waals surface area contributed by atoms with E-state index in [9.17, 15) is 14.9 Å². The van der Waals surface area contributed by atoms with Crippen molar-refractivity contribution in [3.05, 3.63) is 74.2 Å². The van der Waals surface area contributed by atoms with E-state index in [1.54, 1.807) is 25.3 Å². The normalized spacial score (nSPS) is 17.3. The van der Waals surface area contributed by atoms with Crippen molar-refractivity contribution < 1.29 is 9.72 Å². The van der Waals surface area contributed by atoms with Crippen LogP contribution >= 0.6 is 11.8 Å². The molecule has 7 heteroatoms. The predicted octanol–water partition coefficient (Wildman–Crippen LogP) is 4.45. The van der Waals surface area contributed by atoms with E-state index in [1.165, 1.54) is 34.4 Å². The second kappa shape index (κ2) is 7.13. The third kappa shape index (κ3) is 3.67. The first-order chi connectivity index (χ1) is 12.3. The lowest BCUT2D eigenvalue weighted by Gasteiger charge is -2.08. The molecule has 0 aliphatic carbocycles. The van der Waals surface area contributed by atoms with Gasteiger partial charge in [-0.2, -0.15) is 0 Å². The van der Waals surface area contributed by atoms with Gasteiger partial charge in [-0.15, -0.1) is 0 Å². The number of nitro groups is 1. The van der Waals surface area contributed by atoms with Crippen LogP contribution in [0.3, 0.4) is 0 Å². The fraction of sp³-hybridized carbons (Fsp3) is 0.158. The second-order valence-corrected chi connectivity index (χ2v) is 7.00. The molecule has 6 nitrogen and oxygen atoms in total. The Balaban J connectivity index is 1.87.